The number of nitrogens with zero attached hydrogens (tertiary/aromatic N) is 1. The first-order valence-corrected chi connectivity index (χ1v) is 10.3. The molecule has 2 atom stereocenters. The Bertz CT molecular complexity index is 669. The average molecular weight is 389 g/mol. The second kappa shape index (κ2) is 9.89. The second-order valence-electron chi connectivity index (χ2n) is 7.88. The molecule has 0 radical (unpaired) electrons. The van der Waals surface area contributed by atoms with Gasteiger partial charge in [-0.1, -0.05) is 6.07 Å². The number of ether oxygens (including phenoxy) is 1. The third-order valence-corrected chi connectivity index (χ3v) is 5.56. The van der Waals surface area contributed by atoms with Gasteiger partial charge in [-0.05, 0) is 56.7 Å². The van der Waals surface area contributed by atoms with E-state index in [9.17, 15) is 9.59 Å². The van der Waals surface area contributed by atoms with Gasteiger partial charge in [0.2, 0.25) is 11.8 Å². The van der Waals surface area contributed by atoms with Gasteiger partial charge in [-0.2, -0.15) is 0 Å². The molecule has 2 amide bonds. The highest BCUT2D eigenvalue weighted by molar-refractivity contribution is 5.92. The number of hydrogen-bond acceptors (Lipinski definition) is 5. The molecule has 3 rings (SSSR count). The van der Waals surface area contributed by atoms with Crippen LogP contribution < -0.4 is 21.3 Å². The maximum atomic E-state index is 12.4. The smallest absolute Gasteiger partial charge is 0.237 e. The lowest BCUT2D eigenvalue weighted by atomic mass is 9.91. The van der Waals surface area contributed by atoms with Crippen molar-refractivity contribution in [2.75, 3.05) is 36.5 Å². The van der Waals surface area contributed by atoms with Crippen LogP contribution in [0.4, 0.5) is 11.4 Å². The molecule has 0 aromatic heterocycles. The van der Waals surface area contributed by atoms with Crippen LogP contribution >= 0.6 is 0 Å². The van der Waals surface area contributed by atoms with E-state index < -0.39 is 6.04 Å². The Morgan fingerprint density at radius 1 is 1.25 bits per heavy atom. The van der Waals surface area contributed by atoms with E-state index in [0.717, 1.165) is 37.3 Å². The van der Waals surface area contributed by atoms with Crippen molar-refractivity contribution >= 4 is 23.2 Å². The van der Waals surface area contributed by atoms with Gasteiger partial charge in [0, 0.05) is 50.1 Å². The number of carbonyl (C=O) groups is 2. The molecule has 2 fully saturated rings. The average Bonchev–Trinajstić information content (AvgIpc) is 3.23. The van der Waals surface area contributed by atoms with Gasteiger partial charge >= 0.3 is 0 Å². The highest BCUT2D eigenvalue weighted by Gasteiger charge is 2.27. The van der Waals surface area contributed by atoms with Crippen molar-refractivity contribution in [3.8, 4) is 0 Å². The quantitative estimate of drug-likeness (QED) is 0.663. The molecule has 2 aliphatic rings. The molecule has 0 spiro atoms. The van der Waals surface area contributed by atoms with Crippen LogP contribution in [0.2, 0.25) is 0 Å². The molecule has 2 heterocycles. The highest BCUT2D eigenvalue weighted by atomic mass is 16.5. The lowest BCUT2D eigenvalue weighted by Gasteiger charge is -2.27. The van der Waals surface area contributed by atoms with Crippen molar-refractivity contribution in [3.63, 3.8) is 0 Å². The maximum Gasteiger partial charge on any atom is 0.237 e. The van der Waals surface area contributed by atoms with E-state index >= 15 is 0 Å². The Balaban J connectivity index is 1.46. The SMILES string of the molecule is CC(CC(=O)Nc1cccc(N2CCCC2)c1)NC(=O)C(N)C1CCOCC1. The lowest BCUT2D eigenvalue weighted by molar-refractivity contribution is -0.125. The van der Waals surface area contributed by atoms with Crippen LogP contribution in [0.15, 0.2) is 24.3 Å². The number of hydrogen-bond donors (Lipinski definition) is 3. The minimum absolute atomic E-state index is 0.119. The third kappa shape index (κ3) is 5.69. The van der Waals surface area contributed by atoms with Crippen molar-refractivity contribution in [1.29, 1.82) is 0 Å². The molecule has 0 saturated carbocycles. The zero-order valence-corrected chi connectivity index (χ0v) is 16.7. The lowest BCUT2D eigenvalue weighted by Crippen LogP contribution is -2.50. The number of anilines is 2. The molecule has 154 valence electrons. The second-order valence-corrected chi connectivity index (χ2v) is 7.88. The molecule has 7 nitrogen and oxygen atoms in total. The Hall–Kier alpha value is -2.12. The Morgan fingerprint density at radius 3 is 2.68 bits per heavy atom. The van der Waals surface area contributed by atoms with Crippen molar-refractivity contribution < 1.29 is 14.3 Å². The fraction of sp³-hybridized carbons (Fsp3) is 0.619. The van der Waals surface area contributed by atoms with E-state index in [0.29, 0.717) is 13.2 Å². The van der Waals surface area contributed by atoms with Gasteiger partial charge in [-0.3, -0.25) is 9.59 Å². The van der Waals surface area contributed by atoms with Gasteiger partial charge in [0.25, 0.3) is 0 Å². The van der Waals surface area contributed by atoms with E-state index in [1.165, 1.54) is 12.8 Å². The first-order valence-electron chi connectivity index (χ1n) is 10.3. The molecule has 2 saturated heterocycles. The summed E-state index contributed by atoms with van der Waals surface area (Å²) in [5, 5.41) is 5.81. The Labute approximate surface area is 167 Å². The molecule has 0 bridgehead atoms. The minimum Gasteiger partial charge on any atom is -0.381 e. The summed E-state index contributed by atoms with van der Waals surface area (Å²) in [4.78, 5) is 27.1. The molecule has 1 aromatic carbocycles. The van der Waals surface area contributed by atoms with Crippen molar-refractivity contribution in [3.05, 3.63) is 24.3 Å². The summed E-state index contributed by atoms with van der Waals surface area (Å²) in [5.74, 6) is -0.169. The van der Waals surface area contributed by atoms with Gasteiger partial charge in [0.1, 0.15) is 0 Å². The molecular formula is C21H32N4O3. The van der Waals surface area contributed by atoms with E-state index in [4.69, 9.17) is 10.5 Å². The summed E-state index contributed by atoms with van der Waals surface area (Å²) in [5.41, 5.74) is 8.02. The van der Waals surface area contributed by atoms with Gasteiger partial charge in [-0.25, -0.2) is 0 Å². The maximum absolute atomic E-state index is 12.4. The predicted octanol–water partition coefficient (Wildman–Crippen LogP) is 1.87. The summed E-state index contributed by atoms with van der Waals surface area (Å²) < 4.78 is 5.32. The Kier molecular flexibility index (Phi) is 7.28. The van der Waals surface area contributed by atoms with E-state index in [1.54, 1.807) is 0 Å². The molecule has 4 N–H and O–H groups in total. The van der Waals surface area contributed by atoms with Crippen molar-refractivity contribution in [2.45, 2.75) is 51.1 Å². The number of nitrogens with two attached hydrogens (primary N) is 1. The largest absolute Gasteiger partial charge is 0.381 e. The van der Waals surface area contributed by atoms with Gasteiger partial charge < -0.3 is 26.0 Å². The first-order chi connectivity index (χ1) is 13.5. The van der Waals surface area contributed by atoms with Crippen molar-refractivity contribution in [1.82, 2.24) is 5.32 Å². The van der Waals surface area contributed by atoms with Crippen LogP contribution in [0, 0.1) is 5.92 Å². The van der Waals surface area contributed by atoms with Crippen LogP contribution in [-0.4, -0.2) is 50.2 Å². The molecule has 1 aromatic rings. The van der Waals surface area contributed by atoms with Crippen LogP contribution in [0.25, 0.3) is 0 Å². The summed E-state index contributed by atoms with van der Waals surface area (Å²) >= 11 is 0. The Morgan fingerprint density at radius 2 is 1.96 bits per heavy atom. The number of carbonyl (C=O) groups excluding carboxylic acids is 2. The van der Waals surface area contributed by atoms with E-state index in [-0.39, 0.29) is 30.2 Å². The molecule has 0 aliphatic carbocycles. The fourth-order valence-corrected chi connectivity index (χ4v) is 3.92. The molecule has 2 aliphatic heterocycles. The first kappa shape index (κ1) is 20.6. The predicted molar refractivity (Wildman–Crippen MR) is 110 cm³/mol. The molecule has 7 heteroatoms. The summed E-state index contributed by atoms with van der Waals surface area (Å²) in [6, 6.07) is 7.10. The van der Waals surface area contributed by atoms with Crippen LogP contribution in [0.1, 0.15) is 39.0 Å². The van der Waals surface area contributed by atoms with Crippen LogP contribution in [0.5, 0.6) is 0 Å². The van der Waals surface area contributed by atoms with Crippen LogP contribution in [0.3, 0.4) is 0 Å². The number of amides is 2. The minimum atomic E-state index is -0.549. The standard InChI is InChI=1S/C21H32N4O3/c1-15(23-21(27)20(22)16-7-11-28-12-8-16)13-19(26)24-17-5-4-6-18(14-17)25-9-2-3-10-25/h4-6,14-16,20H,2-3,7-13,22H2,1H3,(H,23,27)(H,24,26). The number of nitrogens with one attached hydrogen (secondary N) is 2. The van der Waals surface area contributed by atoms with Gasteiger partial charge in [0.05, 0.1) is 6.04 Å². The zero-order valence-electron chi connectivity index (χ0n) is 16.7. The fourth-order valence-electron chi connectivity index (χ4n) is 3.92. The molecule has 2 unspecified atom stereocenters. The summed E-state index contributed by atoms with van der Waals surface area (Å²) in [6.07, 6.45) is 4.24. The number of rotatable bonds is 7. The van der Waals surface area contributed by atoms with Gasteiger partial charge in [-0.15, -0.1) is 0 Å². The number of benzene rings is 1. The monoisotopic (exact) mass is 388 g/mol. The van der Waals surface area contributed by atoms with E-state index in [2.05, 4.69) is 21.6 Å². The normalized spacial score (nSPS) is 19.9. The molecular weight excluding hydrogens is 356 g/mol. The molecule has 28 heavy (non-hydrogen) atoms. The topological polar surface area (TPSA) is 96.7 Å². The van der Waals surface area contributed by atoms with E-state index in [1.807, 2.05) is 25.1 Å². The van der Waals surface area contributed by atoms with Crippen molar-refractivity contribution in [2.24, 2.45) is 11.7 Å². The van der Waals surface area contributed by atoms with Crippen LogP contribution in [-0.2, 0) is 14.3 Å². The van der Waals surface area contributed by atoms with Gasteiger partial charge in [0.15, 0.2) is 0 Å². The third-order valence-electron chi connectivity index (χ3n) is 5.56. The highest BCUT2D eigenvalue weighted by Crippen LogP contribution is 2.23. The summed E-state index contributed by atoms with van der Waals surface area (Å²) in [6.45, 7) is 5.26. The zero-order chi connectivity index (χ0) is 19.9. The summed E-state index contributed by atoms with van der Waals surface area (Å²) in [7, 11) is 0.